The lowest BCUT2D eigenvalue weighted by Crippen LogP contribution is -1.88. The molecular formula is C44H26OS. The largest absolute Gasteiger partial charge is 0.249 e. The van der Waals surface area contributed by atoms with Gasteiger partial charge in [-0.2, -0.15) is 0 Å². The zero-order chi connectivity index (χ0) is 30.4. The Labute approximate surface area is 268 Å². The third-order valence-corrected chi connectivity index (χ3v) is 11.3. The Morgan fingerprint density at radius 1 is 0.348 bits per heavy atom. The first kappa shape index (κ1) is 25.7. The van der Waals surface area contributed by atoms with E-state index in [0.717, 1.165) is 31.7 Å². The molecule has 9 aromatic rings. The normalized spacial score (nSPS) is 14.0. The van der Waals surface area contributed by atoms with Crippen LogP contribution in [0.3, 0.4) is 0 Å². The molecule has 0 saturated heterocycles. The summed E-state index contributed by atoms with van der Waals surface area (Å²) < 4.78 is 14.0. The number of fused-ring (bicyclic) bond motifs is 12. The van der Waals surface area contributed by atoms with Crippen molar-refractivity contribution in [2.45, 2.75) is 9.79 Å². The highest BCUT2D eigenvalue weighted by molar-refractivity contribution is 7.85. The lowest BCUT2D eigenvalue weighted by atomic mass is 9.89. The second-order valence-electron chi connectivity index (χ2n) is 12.2. The lowest BCUT2D eigenvalue weighted by molar-refractivity contribution is 0.685. The molecule has 10 rings (SSSR count). The Morgan fingerprint density at radius 2 is 0.978 bits per heavy atom. The maximum atomic E-state index is 14.0. The minimum absolute atomic E-state index is 0.901. The van der Waals surface area contributed by atoms with Crippen LogP contribution in [0.1, 0.15) is 0 Å². The summed E-state index contributed by atoms with van der Waals surface area (Å²) in [6.07, 6.45) is 0. The molecule has 0 aromatic heterocycles. The first-order valence-electron chi connectivity index (χ1n) is 15.7. The SMILES string of the molecule is O=S1c2cc3ccc(-c4cccc(-c5cccc6ccccc56)c4)cc3cc2-c2c1ccc1c3ccccc3c3ccccc3c21. The zero-order valence-electron chi connectivity index (χ0n) is 24.8. The van der Waals surface area contributed by atoms with Crippen molar-refractivity contribution in [3.05, 3.63) is 158 Å². The van der Waals surface area contributed by atoms with Gasteiger partial charge in [-0.25, -0.2) is 4.21 Å². The van der Waals surface area contributed by atoms with Crippen molar-refractivity contribution in [3.63, 3.8) is 0 Å². The predicted octanol–water partition coefficient (Wildman–Crippen LogP) is 11.9. The van der Waals surface area contributed by atoms with E-state index in [4.69, 9.17) is 0 Å². The molecule has 2 heteroatoms. The van der Waals surface area contributed by atoms with Crippen molar-refractivity contribution in [2.75, 3.05) is 0 Å². The molecular weight excluding hydrogens is 577 g/mol. The third kappa shape index (κ3) is 3.65. The van der Waals surface area contributed by atoms with E-state index in [1.54, 1.807) is 0 Å². The molecule has 0 spiro atoms. The van der Waals surface area contributed by atoms with Gasteiger partial charge in [0.1, 0.15) is 0 Å². The average Bonchev–Trinajstić information content (AvgIpc) is 3.40. The first-order chi connectivity index (χ1) is 22.7. The minimum Gasteiger partial charge on any atom is -0.249 e. The lowest BCUT2D eigenvalue weighted by Gasteiger charge is -2.14. The van der Waals surface area contributed by atoms with E-state index in [1.807, 2.05) is 0 Å². The van der Waals surface area contributed by atoms with Gasteiger partial charge in [-0.3, -0.25) is 0 Å². The molecule has 0 N–H and O–H groups in total. The van der Waals surface area contributed by atoms with Crippen LogP contribution in [0.2, 0.25) is 0 Å². The van der Waals surface area contributed by atoms with E-state index in [1.165, 1.54) is 65.3 Å². The van der Waals surface area contributed by atoms with Crippen LogP contribution >= 0.6 is 0 Å². The van der Waals surface area contributed by atoms with Crippen molar-refractivity contribution < 1.29 is 4.21 Å². The van der Waals surface area contributed by atoms with E-state index in [0.29, 0.717) is 0 Å². The van der Waals surface area contributed by atoms with Gasteiger partial charge in [0.05, 0.1) is 20.6 Å². The summed E-state index contributed by atoms with van der Waals surface area (Å²) in [6.45, 7) is 0. The van der Waals surface area contributed by atoms with Crippen LogP contribution < -0.4 is 0 Å². The van der Waals surface area contributed by atoms with Crippen LogP contribution in [0, 0.1) is 0 Å². The van der Waals surface area contributed by atoms with Gasteiger partial charge in [-0.15, -0.1) is 0 Å². The summed E-state index contributed by atoms with van der Waals surface area (Å²) in [5.41, 5.74) is 6.98. The Hall–Kier alpha value is -5.57. The standard InChI is InChI=1S/C44H26OS/c45-46-41-22-21-39-37-16-4-3-14-35(37)36-15-5-6-17-38(36)43(39)44(41)40-25-32-24-29(19-20-30(32)26-42(40)46)28-11-7-12-31(23-28)34-18-8-10-27-9-1-2-13-33(27)34/h1-26H. The van der Waals surface area contributed by atoms with Crippen molar-refractivity contribution in [2.24, 2.45) is 0 Å². The second kappa shape index (κ2) is 9.71. The summed E-state index contributed by atoms with van der Waals surface area (Å²) in [4.78, 5) is 1.80. The van der Waals surface area contributed by atoms with Gasteiger partial charge < -0.3 is 0 Å². The summed E-state index contributed by atoms with van der Waals surface area (Å²) in [5, 5.41) is 12.1. The molecule has 0 radical (unpaired) electrons. The molecule has 0 aliphatic carbocycles. The fourth-order valence-corrected chi connectivity index (χ4v) is 9.09. The number of hydrogen-bond acceptors (Lipinski definition) is 1. The van der Waals surface area contributed by atoms with E-state index >= 15 is 0 Å². The molecule has 9 aromatic carbocycles. The van der Waals surface area contributed by atoms with Crippen LogP contribution in [-0.2, 0) is 10.8 Å². The number of hydrogen-bond donors (Lipinski definition) is 0. The van der Waals surface area contributed by atoms with E-state index < -0.39 is 10.8 Å². The van der Waals surface area contributed by atoms with Crippen molar-refractivity contribution in [1.82, 2.24) is 0 Å². The first-order valence-corrected chi connectivity index (χ1v) is 16.8. The monoisotopic (exact) mass is 602 g/mol. The second-order valence-corrected chi connectivity index (χ2v) is 13.7. The molecule has 1 heterocycles. The topological polar surface area (TPSA) is 17.1 Å². The molecule has 1 aliphatic rings. The highest BCUT2D eigenvalue weighted by atomic mass is 32.2. The Kier molecular flexibility index (Phi) is 5.43. The highest BCUT2D eigenvalue weighted by Crippen LogP contribution is 2.50. The van der Waals surface area contributed by atoms with Gasteiger partial charge >= 0.3 is 0 Å². The number of benzene rings is 9. The third-order valence-electron chi connectivity index (χ3n) is 9.77. The highest BCUT2D eigenvalue weighted by Gasteiger charge is 2.29. The molecule has 0 amide bonds. The maximum absolute atomic E-state index is 14.0. The molecule has 214 valence electrons. The smallest absolute Gasteiger partial charge is 0.0862 e. The van der Waals surface area contributed by atoms with Gasteiger partial charge in [0, 0.05) is 11.1 Å². The quantitative estimate of drug-likeness (QED) is 0.180. The van der Waals surface area contributed by atoms with Crippen molar-refractivity contribution in [3.8, 4) is 33.4 Å². The van der Waals surface area contributed by atoms with Crippen molar-refractivity contribution >= 4 is 64.7 Å². The molecule has 1 nitrogen and oxygen atoms in total. The summed E-state index contributed by atoms with van der Waals surface area (Å²) in [7, 11) is -1.24. The van der Waals surface area contributed by atoms with Gasteiger partial charge in [0.15, 0.2) is 0 Å². The molecule has 1 unspecified atom stereocenters. The van der Waals surface area contributed by atoms with Crippen LogP contribution in [0.4, 0.5) is 0 Å². The van der Waals surface area contributed by atoms with E-state index in [9.17, 15) is 4.21 Å². The van der Waals surface area contributed by atoms with Crippen LogP contribution in [0.5, 0.6) is 0 Å². The maximum Gasteiger partial charge on any atom is 0.0862 e. The average molecular weight is 603 g/mol. The van der Waals surface area contributed by atoms with Gasteiger partial charge in [-0.1, -0.05) is 127 Å². The van der Waals surface area contributed by atoms with Crippen LogP contribution in [-0.4, -0.2) is 4.21 Å². The fourth-order valence-electron chi connectivity index (χ4n) is 7.67. The van der Waals surface area contributed by atoms with Gasteiger partial charge in [0.2, 0.25) is 0 Å². The predicted molar refractivity (Wildman–Crippen MR) is 195 cm³/mol. The molecule has 1 atom stereocenters. The van der Waals surface area contributed by atoms with Gasteiger partial charge in [-0.05, 0) is 106 Å². The molecule has 0 bridgehead atoms. The number of rotatable bonds is 2. The van der Waals surface area contributed by atoms with Gasteiger partial charge in [0.25, 0.3) is 0 Å². The Balaban J connectivity index is 1.18. The fraction of sp³-hybridized carbons (Fsp3) is 0. The van der Waals surface area contributed by atoms with Crippen molar-refractivity contribution in [1.29, 1.82) is 0 Å². The summed E-state index contributed by atoms with van der Waals surface area (Å²) in [6, 6.07) is 56.6. The molecule has 0 saturated carbocycles. The van der Waals surface area contributed by atoms with Crippen LogP contribution in [0.15, 0.2) is 168 Å². The van der Waals surface area contributed by atoms with E-state index in [-0.39, 0.29) is 0 Å². The summed E-state index contributed by atoms with van der Waals surface area (Å²) in [5.74, 6) is 0. The Morgan fingerprint density at radius 3 is 1.80 bits per heavy atom. The van der Waals surface area contributed by atoms with E-state index in [2.05, 4.69) is 158 Å². The Bertz CT molecular complexity index is 2730. The molecule has 0 fully saturated rings. The molecule has 46 heavy (non-hydrogen) atoms. The minimum atomic E-state index is -1.24. The summed E-state index contributed by atoms with van der Waals surface area (Å²) >= 11 is 0. The molecule has 1 aliphatic heterocycles. The van der Waals surface area contributed by atoms with Crippen LogP contribution in [0.25, 0.3) is 87.2 Å². The zero-order valence-corrected chi connectivity index (χ0v) is 25.6.